The van der Waals surface area contributed by atoms with E-state index in [2.05, 4.69) is 15.8 Å². The van der Waals surface area contributed by atoms with Gasteiger partial charge >= 0.3 is 0 Å². The highest BCUT2D eigenvalue weighted by atomic mass is 35.5. The molecule has 7 nitrogen and oxygen atoms in total. The number of carbonyl (C=O) groups excluding carboxylic acids is 2. The normalized spacial score (nSPS) is 15.5. The Morgan fingerprint density at radius 1 is 1.17 bits per heavy atom. The minimum absolute atomic E-state index is 0.0348. The molecular formula is C15H11Cl2N3O4. The van der Waals surface area contributed by atoms with Crippen LogP contribution in [0.3, 0.4) is 0 Å². The number of hydrazine groups is 1. The fraction of sp³-hybridized carbons (Fsp3) is 0.133. The molecule has 0 radical (unpaired) electrons. The van der Waals surface area contributed by atoms with Crippen LogP contribution in [0.2, 0.25) is 10.2 Å². The highest BCUT2D eigenvalue weighted by Gasteiger charge is 2.27. The van der Waals surface area contributed by atoms with Gasteiger partial charge in [0.25, 0.3) is 11.8 Å². The highest BCUT2D eigenvalue weighted by Crippen LogP contribution is 2.30. The van der Waals surface area contributed by atoms with Crippen molar-refractivity contribution in [3.63, 3.8) is 0 Å². The van der Waals surface area contributed by atoms with Crippen LogP contribution in [0.1, 0.15) is 10.4 Å². The van der Waals surface area contributed by atoms with Crippen molar-refractivity contribution in [2.45, 2.75) is 6.10 Å². The number of hydrogen-bond acceptors (Lipinski definition) is 5. The van der Waals surface area contributed by atoms with Crippen molar-refractivity contribution in [3.05, 3.63) is 52.3 Å². The summed E-state index contributed by atoms with van der Waals surface area (Å²) in [7, 11) is 0. The first-order chi connectivity index (χ1) is 11.5. The highest BCUT2D eigenvalue weighted by molar-refractivity contribution is 6.41. The number of halogens is 2. The van der Waals surface area contributed by atoms with Crippen molar-refractivity contribution < 1.29 is 19.1 Å². The van der Waals surface area contributed by atoms with Gasteiger partial charge in [0.05, 0.1) is 10.6 Å². The standard InChI is InChI=1S/C15H11Cl2N3O4/c16-9-5-8(6-18-13(9)17)14(21)19-20-15(22)12-7-23-10-3-1-2-4-11(10)24-12/h1-6,12H,7H2,(H,19,21)(H,20,22)/t12-/m0/s1. The number of hydrogen-bond donors (Lipinski definition) is 2. The first kappa shape index (κ1) is 16.4. The molecule has 0 aliphatic carbocycles. The number of nitrogens with zero attached hydrogens (tertiary/aromatic N) is 1. The van der Waals surface area contributed by atoms with Crippen LogP contribution in [0.25, 0.3) is 0 Å². The molecule has 124 valence electrons. The van der Waals surface area contributed by atoms with E-state index in [4.69, 9.17) is 32.7 Å². The lowest BCUT2D eigenvalue weighted by molar-refractivity contribution is -0.131. The Kier molecular flexibility index (Phi) is 4.73. The van der Waals surface area contributed by atoms with Gasteiger partial charge in [-0.15, -0.1) is 0 Å². The zero-order chi connectivity index (χ0) is 17.1. The van der Waals surface area contributed by atoms with Crippen molar-refractivity contribution in [1.29, 1.82) is 0 Å². The number of amides is 2. The van der Waals surface area contributed by atoms with Gasteiger partial charge in [-0.3, -0.25) is 20.4 Å². The minimum atomic E-state index is -0.882. The van der Waals surface area contributed by atoms with Crippen LogP contribution in [-0.4, -0.2) is 29.5 Å². The van der Waals surface area contributed by atoms with Gasteiger partial charge < -0.3 is 9.47 Å². The third kappa shape index (κ3) is 3.52. The lowest BCUT2D eigenvalue weighted by Gasteiger charge is -2.25. The summed E-state index contributed by atoms with van der Waals surface area (Å²) in [5.41, 5.74) is 4.67. The summed E-state index contributed by atoms with van der Waals surface area (Å²) in [6.07, 6.45) is 0.360. The lowest BCUT2D eigenvalue weighted by atomic mass is 10.2. The zero-order valence-corrected chi connectivity index (χ0v) is 13.6. The summed E-state index contributed by atoms with van der Waals surface area (Å²) in [6.45, 7) is 0.0348. The van der Waals surface area contributed by atoms with E-state index in [9.17, 15) is 9.59 Å². The lowest BCUT2D eigenvalue weighted by Crippen LogP contribution is -2.50. The number of ether oxygens (including phenoxy) is 2. The van der Waals surface area contributed by atoms with Crippen LogP contribution >= 0.6 is 23.2 Å². The smallest absolute Gasteiger partial charge is 0.283 e. The molecule has 2 aromatic rings. The van der Waals surface area contributed by atoms with Gasteiger partial charge in [0.15, 0.2) is 11.5 Å². The molecule has 24 heavy (non-hydrogen) atoms. The fourth-order valence-corrected chi connectivity index (χ4v) is 2.23. The Hall–Kier alpha value is -2.51. The van der Waals surface area contributed by atoms with Gasteiger partial charge in [0, 0.05) is 6.20 Å². The molecule has 2 amide bonds. The molecule has 1 aliphatic rings. The molecule has 2 heterocycles. The number of pyridine rings is 1. The van der Waals surface area contributed by atoms with Gasteiger partial charge in [0.2, 0.25) is 6.10 Å². The van der Waals surface area contributed by atoms with Gasteiger partial charge in [-0.05, 0) is 18.2 Å². The molecule has 0 saturated carbocycles. The van der Waals surface area contributed by atoms with Gasteiger partial charge in [-0.1, -0.05) is 35.3 Å². The summed E-state index contributed by atoms with van der Waals surface area (Å²) < 4.78 is 11.0. The fourth-order valence-electron chi connectivity index (χ4n) is 1.97. The van der Waals surface area contributed by atoms with Gasteiger partial charge in [-0.25, -0.2) is 4.98 Å². The van der Waals surface area contributed by atoms with E-state index in [1.807, 2.05) is 0 Å². The zero-order valence-electron chi connectivity index (χ0n) is 12.1. The molecule has 1 aromatic carbocycles. The third-order valence-corrected chi connectivity index (χ3v) is 3.84. The van der Waals surface area contributed by atoms with E-state index in [1.165, 1.54) is 12.3 Å². The Morgan fingerprint density at radius 2 is 1.92 bits per heavy atom. The van der Waals surface area contributed by atoms with Crippen LogP contribution in [0, 0.1) is 0 Å². The molecule has 1 aromatic heterocycles. The largest absolute Gasteiger partial charge is 0.485 e. The SMILES string of the molecule is O=C(NNC(=O)[C@@H]1COc2ccccc2O1)c1cnc(Cl)c(Cl)c1. The van der Waals surface area contributed by atoms with Crippen LogP contribution < -0.4 is 20.3 Å². The number of carbonyl (C=O) groups is 2. The number of fused-ring (bicyclic) bond motifs is 1. The summed E-state index contributed by atoms with van der Waals surface area (Å²) in [5.74, 6) is -0.117. The maximum absolute atomic E-state index is 12.1. The molecule has 1 atom stereocenters. The van der Waals surface area contributed by atoms with E-state index in [0.29, 0.717) is 11.5 Å². The second-order valence-electron chi connectivity index (χ2n) is 4.80. The molecule has 1 aliphatic heterocycles. The number of aromatic nitrogens is 1. The van der Waals surface area contributed by atoms with E-state index in [1.54, 1.807) is 24.3 Å². The number of rotatable bonds is 2. The first-order valence-electron chi connectivity index (χ1n) is 6.84. The summed E-state index contributed by atoms with van der Waals surface area (Å²) in [6, 6.07) is 8.34. The van der Waals surface area contributed by atoms with Crippen LogP contribution in [0.5, 0.6) is 11.5 Å². The molecule has 0 spiro atoms. The van der Waals surface area contributed by atoms with E-state index < -0.39 is 17.9 Å². The first-order valence-corrected chi connectivity index (χ1v) is 7.60. The summed E-state index contributed by atoms with van der Waals surface area (Å²) >= 11 is 11.5. The van der Waals surface area contributed by atoms with Crippen molar-refractivity contribution in [3.8, 4) is 11.5 Å². The Bertz CT molecular complexity index is 800. The van der Waals surface area contributed by atoms with E-state index in [-0.39, 0.29) is 22.3 Å². The average molecular weight is 368 g/mol. The van der Waals surface area contributed by atoms with Crippen LogP contribution in [0.4, 0.5) is 0 Å². The molecule has 0 unspecified atom stereocenters. The van der Waals surface area contributed by atoms with E-state index >= 15 is 0 Å². The van der Waals surface area contributed by atoms with Crippen molar-refractivity contribution in [1.82, 2.24) is 15.8 Å². The quantitative estimate of drug-likeness (QED) is 0.625. The van der Waals surface area contributed by atoms with Gasteiger partial charge in [-0.2, -0.15) is 0 Å². The Balaban J connectivity index is 1.58. The number of benzene rings is 1. The molecule has 0 bridgehead atoms. The molecule has 0 saturated heterocycles. The maximum Gasteiger partial charge on any atom is 0.283 e. The maximum atomic E-state index is 12.1. The second kappa shape index (κ2) is 6.94. The van der Waals surface area contributed by atoms with Crippen LogP contribution in [-0.2, 0) is 4.79 Å². The summed E-state index contributed by atoms with van der Waals surface area (Å²) in [4.78, 5) is 27.8. The third-order valence-electron chi connectivity index (χ3n) is 3.16. The number of para-hydroxylation sites is 2. The molecule has 3 rings (SSSR count). The minimum Gasteiger partial charge on any atom is -0.485 e. The molecule has 2 N–H and O–H groups in total. The van der Waals surface area contributed by atoms with E-state index in [0.717, 1.165) is 0 Å². The van der Waals surface area contributed by atoms with Crippen molar-refractivity contribution in [2.24, 2.45) is 0 Å². The predicted octanol–water partition coefficient (Wildman–Crippen LogP) is 1.99. The van der Waals surface area contributed by atoms with Gasteiger partial charge in [0.1, 0.15) is 11.8 Å². The molecule has 0 fully saturated rings. The summed E-state index contributed by atoms with van der Waals surface area (Å²) in [5, 5.41) is 0.222. The molecule has 9 heteroatoms. The number of nitrogens with one attached hydrogen (secondary N) is 2. The Labute approximate surface area is 146 Å². The average Bonchev–Trinajstić information content (AvgIpc) is 2.61. The second-order valence-corrected chi connectivity index (χ2v) is 5.57. The Morgan fingerprint density at radius 3 is 2.67 bits per heavy atom. The topological polar surface area (TPSA) is 89.6 Å². The van der Waals surface area contributed by atoms with Crippen molar-refractivity contribution in [2.75, 3.05) is 6.61 Å². The monoisotopic (exact) mass is 367 g/mol. The van der Waals surface area contributed by atoms with Crippen molar-refractivity contribution >= 4 is 35.0 Å². The van der Waals surface area contributed by atoms with Crippen LogP contribution in [0.15, 0.2) is 36.5 Å². The predicted molar refractivity (Wildman–Crippen MR) is 86.2 cm³/mol. The molecular weight excluding hydrogens is 357 g/mol.